The molecule has 0 atom stereocenters. The van der Waals surface area contributed by atoms with E-state index < -0.39 is 0 Å². The molecule has 0 radical (unpaired) electrons. The van der Waals surface area contributed by atoms with Crippen LogP contribution in [0.25, 0.3) is 0 Å². The van der Waals surface area contributed by atoms with Crippen LogP contribution in [0.1, 0.15) is 27.2 Å². The molecule has 1 heterocycles. The maximum Gasteiger partial charge on any atom is 0.0645 e. The van der Waals surface area contributed by atoms with Gasteiger partial charge in [-0.1, -0.05) is 6.92 Å². The molecule has 0 aromatic carbocycles. The Kier molecular flexibility index (Phi) is 2.90. The Bertz CT molecular complexity index is 121. The van der Waals surface area contributed by atoms with E-state index in [1.54, 1.807) is 0 Å². The molecule has 1 saturated heterocycles. The van der Waals surface area contributed by atoms with Crippen LogP contribution < -0.4 is 0 Å². The summed E-state index contributed by atoms with van der Waals surface area (Å²) in [6.07, 6.45) is 1.24. The van der Waals surface area contributed by atoms with Crippen molar-refractivity contribution in [3.8, 4) is 0 Å². The molecule has 0 amide bonds. The maximum atomic E-state index is 5.42. The van der Waals surface area contributed by atoms with Crippen molar-refractivity contribution in [3.63, 3.8) is 0 Å². The summed E-state index contributed by atoms with van der Waals surface area (Å²) in [6, 6.07) is 0. The molecule has 2 nitrogen and oxygen atoms in total. The van der Waals surface area contributed by atoms with Gasteiger partial charge in [-0.05, 0) is 26.8 Å². The second-order valence-electron chi connectivity index (χ2n) is 3.85. The average Bonchev–Trinajstić information content (AvgIpc) is 1.94. The Balaban J connectivity index is 2.45. The van der Waals surface area contributed by atoms with E-state index >= 15 is 0 Å². The van der Waals surface area contributed by atoms with Crippen molar-refractivity contribution in [2.45, 2.75) is 32.7 Å². The molecule has 0 aromatic rings. The van der Waals surface area contributed by atoms with E-state index in [0.717, 1.165) is 19.8 Å². The van der Waals surface area contributed by atoms with Crippen molar-refractivity contribution < 1.29 is 4.74 Å². The minimum atomic E-state index is 0.258. The molecule has 11 heavy (non-hydrogen) atoms. The molecule has 1 aliphatic heterocycles. The first kappa shape index (κ1) is 9.01. The predicted octanol–water partition coefficient (Wildman–Crippen LogP) is 1.51. The smallest absolute Gasteiger partial charge is 0.0645 e. The lowest BCUT2D eigenvalue weighted by atomic mass is 10.0. The van der Waals surface area contributed by atoms with Gasteiger partial charge in [-0.15, -0.1) is 0 Å². The zero-order chi connectivity index (χ0) is 8.32. The molecule has 1 aliphatic rings. The van der Waals surface area contributed by atoms with E-state index in [1.165, 1.54) is 13.0 Å². The Morgan fingerprint density at radius 2 is 2.18 bits per heavy atom. The third kappa shape index (κ3) is 2.17. The Morgan fingerprint density at radius 1 is 1.45 bits per heavy atom. The molecule has 0 spiro atoms. The van der Waals surface area contributed by atoms with Gasteiger partial charge < -0.3 is 4.74 Å². The van der Waals surface area contributed by atoms with Crippen molar-refractivity contribution in [1.82, 2.24) is 4.90 Å². The summed E-state index contributed by atoms with van der Waals surface area (Å²) in [5.41, 5.74) is 0.258. The fraction of sp³-hybridized carbons (Fsp3) is 1.00. The highest BCUT2D eigenvalue weighted by molar-refractivity contribution is 4.83. The van der Waals surface area contributed by atoms with E-state index in [0.29, 0.717) is 0 Å². The fourth-order valence-corrected chi connectivity index (χ4v) is 1.58. The van der Waals surface area contributed by atoms with E-state index in [4.69, 9.17) is 4.74 Å². The van der Waals surface area contributed by atoms with Crippen molar-refractivity contribution in [2.24, 2.45) is 0 Å². The fourth-order valence-electron chi connectivity index (χ4n) is 1.58. The molecule has 0 aromatic heterocycles. The standard InChI is InChI=1S/C9H19NO/c1-4-5-10-6-7-11-8-9(10,2)3/h4-8H2,1-3H3. The van der Waals surface area contributed by atoms with Crippen molar-refractivity contribution in [1.29, 1.82) is 0 Å². The lowest BCUT2D eigenvalue weighted by molar-refractivity contribution is -0.0506. The van der Waals surface area contributed by atoms with Crippen molar-refractivity contribution in [3.05, 3.63) is 0 Å². The molecular weight excluding hydrogens is 138 g/mol. The van der Waals surface area contributed by atoms with Gasteiger partial charge in [0.1, 0.15) is 0 Å². The molecule has 2 heteroatoms. The molecule has 1 rings (SSSR count). The quantitative estimate of drug-likeness (QED) is 0.602. The van der Waals surface area contributed by atoms with Crippen LogP contribution in [-0.4, -0.2) is 36.7 Å². The molecule has 0 aliphatic carbocycles. The number of morpholine rings is 1. The molecule has 0 bridgehead atoms. The van der Waals surface area contributed by atoms with Crippen LogP contribution >= 0.6 is 0 Å². The lowest BCUT2D eigenvalue weighted by Gasteiger charge is -2.42. The first-order valence-corrected chi connectivity index (χ1v) is 4.49. The number of hydrogen-bond acceptors (Lipinski definition) is 2. The van der Waals surface area contributed by atoms with Gasteiger partial charge >= 0.3 is 0 Å². The van der Waals surface area contributed by atoms with Gasteiger partial charge in [0.2, 0.25) is 0 Å². The Labute approximate surface area is 69.5 Å². The normalized spacial score (nSPS) is 25.4. The molecule has 1 fully saturated rings. The van der Waals surface area contributed by atoms with E-state index in [-0.39, 0.29) is 5.54 Å². The van der Waals surface area contributed by atoms with Gasteiger partial charge in [0, 0.05) is 12.1 Å². The van der Waals surface area contributed by atoms with Gasteiger partial charge in [-0.25, -0.2) is 0 Å². The first-order chi connectivity index (χ1) is 5.17. The summed E-state index contributed by atoms with van der Waals surface area (Å²) in [5, 5.41) is 0. The van der Waals surface area contributed by atoms with Crippen LogP contribution in [-0.2, 0) is 4.74 Å². The van der Waals surface area contributed by atoms with Crippen LogP contribution in [0.5, 0.6) is 0 Å². The van der Waals surface area contributed by atoms with Gasteiger partial charge in [0.25, 0.3) is 0 Å². The minimum Gasteiger partial charge on any atom is -0.378 e. The summed E-state index contributed by atoms with van der Waals surface area (Å²) in [5.74, 6) is 0. The second-order valence-corrected chi connectivity index (χ2v) is 3.85. The Hall–Kier alpha value is -0.0800. The van der Waals surface area contributed by atoms with Gasteiger partial charge in [0.15, 0.2) is 0 Å². The molecule has 0 unspecified atom stereocenters. The van der Waals surface area contributed by atoms with Crippen LogP contribution in [0.3, 0.4) is 0 Å². The largest absolute Gasteiger partial charge is 0.378 e. The second kappa shape index (κ2) is 3.55. The zero-order valence-electron chi connectivity index (χ0n) is 7.89. The molecular formula is C9H19NO. The highest BCUT2D eigenvalue weighted by Gasteiger charge is 2.29. The monoisotopic (exact) mass is 157 g/mol. The maximum absolute atomic E-state index is 5.42. The highest BCUT2D eigenvalue weighted by atomic mass is 16.5. The molecule has 0 saturated carbocycles. The van der Waals surface area contributed by atoms with E-state index in [1.807, 2.05) is 0 Å². The molecule has 66 valence electrons. The summed E-state index contributed by atoms with van der Waals surface area (Å²) in [6.45, 7) is 10.8. The van der Waals surface area contributed by atoms with Crippen LogP contribution in [0.15, 0.2) is 0 Å². The topological polar surface area (TPSA) is 12.5 Å². The number of ether oxygens (including phenoxy) is 1. The molecule has 0 N–H and O–H groups in total. The summed E-state index contributed by atoms with van der Waals surface area (Å²) in [7, 11) is 0. The van der Waals surface area contributed by atoms with Crippen molar-refractivity contribution >= 4 is 0 Å². The van der Waals surface area contributed by atoms with Gasteiger partial charge in [-0.3, -0.25) is 4.90 Å². The van der Waals surface area contributed by atoms with Crippen LogP contribution in [0, 0.1) is 0 Å². The number of nitrogens with zero attached hydrogens (tertiary/aromatic N) is 1. The summed E-state index contributed by atoms with van der Waals surface area (Å²) < 4.78 is 5.42. The SMILES string of the molecule is CCCN1CCOCC1(C)C. The minimum absolute atomic E-state index is 0.258. The summed E-state index contributed by atoms with van der Waals surface area (Å²) in [4.78, 5) is 2.51. The Morgan fingerprint density at radius 3 is 2.73 bits per heavy atom. The third-order valence-corrected chi connectivity index (χ3v) is 2.31. The predicted molar refractivity (Wildman–Crippen MR) is 46.8 cm³/mol. The lowest BCUT2D eigenvalue weighted by Crippen LogP contribution is -2.52. The van der Waals surface area contributed by atoms with E-state index in [9.17, 15) is 0 Å². The van der Waals surface area contributed by atoms with Gasteiger partial charge in [0.05, 0.1) is 13.2 Å². The van der Waals surface area contributed by atoms with E-state index in [2.05, 4.69) is 25.7 Å². The van der Waals surface area contributed by atoms with Crippen LogP contribution in [0.4, 0.5) is 0 Å². The first-order valence-electron chi connectivity index (χ1n) is 4.49. The van der Waals surface area contributed by atoms with Crippen LogP contribution in [0.2, 0.25) is 0 Å². The number of rotatable bonds is 2. The van der Waals surface area contributed by atoms with Crippen molar-refractivity contribution in [2.75, 3.05) is 26.3 Å². The zero-order valence-corrected chi connectivity index (χ0v) is 7.89. The summed E-state index contributed by atoms with van der Waals surface area (Å²) >= 11 is 0. The number of hydrogen-bond donors (Lipinski definition) is 0. The highest BCUT2D eigenvalue weighted by Crippen LogP contribution is 2.18. The average molecular weight is 157 g/mol. The third-order valence-electron chi connectivity index (χ3n) is 2.31. The van der Waals surface area contributed by atoms with Gasteiger partial charge in [-0.2, -0.15) is 0 Å².